The lowest BCUT2D eigenvalue weighted by Gasteiger charge is -2.43. The number of nitrogens with one attached hydrogen (secondary N) is 1. The minimum Gasteiger partial charge on any atom is -0.312 e. The highest BCUT2D eigenvalue weighted by molar-refractivity contribution is 4.91. The second-order valence-electron chi connectivity index (χ2n) is 8.06. The van der Waals surface area contributed by atoms with E-state index in [2.05, 4.69) is 44.8 Å². The third kappa shape index (κ3) is 3.72. The quantitative estimate of drug-likeness (QED) is 0.781. The highest BCUT2D eigenvalue weighted by Crippen LogP contribution is 2.34. The summed E-state index contributed by atoms with van der Waals surface area (Å²) in [5, 5.41) is 3.77. The smallest absolute Gasteiger partial charge is 0.0243 e. The highest BCUT2D eigenvalue weighted by Gasteiger charge is 2.35. The first-order valence-corrected chi connectivity index (χ1v) is 8.37. The lowest BCUT2D eigenvalue weighted by Crippen LogP contribution is -2.51. The van der Waals surface area contributed by atoms with Crippen molar-refractivity contribution in [2.45, 2.75) is 72.4 Å². The number of rotatable bonds is 1. The van der Waals surface area contributed by atoms with E-state index in [4.69, 9.17) is 0 Å². The van der Waals surface area contributed by atoms with Crippen molar-refractivity contribution in [3.8, 4) is 0 Å². The average Bonchev–Trinajstić information content (AvgIpc) is 2.58. The van der Waals surface area contributed by atoms with Gasteiger partial charge in [-0.2, -0.15) is 0 Å². The van der Waals surface area contributed by atoms with E-state index < -0.39 is 0 Å². The lowest BCUT2D eigenvalue weighted by atomic mass is 9.76. The van der Waals surface area contributed by atoms with Gasteiger partial charge in [-0.05, 0) is 43.2 Å². The molecule has 1 saturated carbocycles. The molecule has 2 fully saturated rings. The fourth-order valence-electron chi connectivity index (χ4n) is 3.90. The van der Waals surface area contributed by atoms with Crippen molar-refractivity contribution in [2.75, 3.05) is 19.6 Å². The van der Waals surface area contributed by atoms with Crippen LogP contribution >= 0.6 is 0 Å². The first kappa shape index (κ1) is 15.3. The molecule has 0 aromatic carbocycles. The topological polar surface area (TPSA) is 15.3 Å². The molecule has 2 nitrogen and oxygen atoms in total. The van der Waals surface area contributed by atoms with Crippen LogP contribution < -0.4 is 5.32 Å². The minimum atomic E-state index is 0.367. The zero-order valence-corrected chi connectivity index (χ0v) is 13.7. The minimum absolute atomic E-state index is 0.367. The summed E-state index contributed by atoms with van der Waals surface area (Å²) in [5.74, 6) is 1.77. The molecule has 0 aromatic rings. The van der Waals surface area contributed by atoms with Gasteiger partial charge in [0.25, 0.3) is 0 Å². The van der Waals surface area contributed by atoms with Crippen LogP contribution in [0.15, 0.2) is 0 Å². The van der Waals surface area contributed by atoms with Crippen LogP contribution in [0.5, 0.6) is 0 Å². The molecule has 0 bridgehead atoms. The summed E-state index contributed by atoms with van der Waals surface area (Å²) in [6.07, 6.45) is 5.60. The third-order valence-electron chi connectivity index (χ3n) is 5.61. The van der Waals surface area contributed by atoms with Crippen molar-refractivity contribution in [2.24, 2.45) is 17.3 Å². The summed E-state index contributed by atoms with van der Waals surface area (Å²) in [4.78, 5) is 2.82. The van der Waals surface area contributed by atoms with E-state index in [-0.39, 0.29) is 0 Å². The van der Waals surface area contributed by atoms with Crippen LogP contribution in [-0.2, 0) is 0 Å². The van der Waals surface area contributed by atoms with Gasteiger partial charge in [-0.3, -0.25) is 4.90 Å². The Morgan fingerprint density at radius 2 is 1.79 bits per heavy atom. The van der Waals surface area contributed by atoms with Crippen molar-refractivity contribution in [1.82, 2.24) is 10.2 Å². The Morgan fingerprint density at radius 1 is 1.05 bits per heavy atom. The molecule has 19 heavy (non-hydrogen) atoms. The first-order chi connectivity index (χ1) is 8.89. The molecular formula is C17H34N2. The van der Waals surface area contributed by atoms with Gasteiger partial charge in [-0.1, -0.05) is 47.5 Å². The fourth-order valence-corrected chi connectivity index (χ4v) is 3.90. The van der Waals surface area contributed by atoms with Crippen LogP contribution in [0, 0.1) is 17.3 Å². The summed E-state index contributed by atoms with van der Waals surface area (Å²) >= 11 is 0. The zero-order chi connectivity index (χ0) is 14.0. The summed E-state index contributed by atoms with van der Waals surface area (Å²) in [7, 11) is 0. The standard InChI is InChI=1S/C17H34N2/c1-13-8-6-9-15(14(13)2)19-11-7-10-18-16(12-19)17(3,4)5/h13-16,18H,6-12H2,1-5H3. The summed E-state index contributed by atoms with van der Waals surface area (Å²) < 4.78 is 0. The second-order valence-corrected chi connectivity index (χ2v) is 8.06. The molecule has 4 unspecified atom stereocenters. The molecule has 1 aliphatic heterocycles. The predicted molar refractivity (Wildman–Crippen MR) is 83.4 cm³/mol. The van der Waals surface area contributed by atoms with Crippen molar-refractivity contribution in [3.05, 3.63) is 0 Å². The Balaban J connectivity index is 2.05. The second kappa shape index (κ2) is 6.13. The maximum Gasteiger partial charge on any atom is 0.0243 e. The predicted octanol–water partition coefficient (Wildman–Crippen LogP) is 3.52. The van der Waals surface area contributed by atoms with Crippen molar-refractivity contribution in [1.29, 1.82) is 0 Å². The van der Waals surface area contributed by atoms with Crippen molar-refractivity contribution in [3.63, 3.8) is 0 Å². The van der Waals surface area contributed by atoms with Crippen LogP contribution in [0.2, 0.25) is 0 Å². The molecule has 4 atom stereocenters. The van der Waals surface area contributed by atoms with Gasteiger partial charge in [0.1, 0.15) is 0 Å². The normalized spacial score (nSPS) is 39.0. The van der Waals surface area contributed by atoms with Gasteiger partial charge in [-0.15, -0.1) is 0 Å². The van der Waals surface area contributed by atoms with E-state index in [1.807, 2.05) is 0 Å². The molecule has 0 aromatic heterocycles. The van der Waals surface area contributed by atoms with Crippen molar-refractivity contribution < 1.29 is 0 Å². The Kier molecular flexibility index (Phi) is 4.94. The van der Waals surface area contributed by atoms with E-state index >= 15 is 0 Å². The van der Waals surface area contributed by atoms with Gasteiger partial charge in [0, 0.05) is 18.6 Å². The maximum atomic E-state index is 3.77. The van der Waals surface area contributed by atoms with Gasteiger partial charge < -0.3 is 5.32 Å². The average molecular weight is 266 g/mol. The van der Waals surface area contributed by atoms with Crippen molar-refractivity contribution >= 4 is 0 Å². The van der Waals surface area contributed by atoms with Crippen LogP contribution in [-0.4, -0.2) is 36.6 Å². The molecule has 1 saturated heterocycles. The third-order valence-corrected chi connectivity index (χ3v) is 5.61. The van der Waals surface area contributed by atoms with Gasteiger partial charge >= 0.3 is 0 Å². The van der Waals surface area contributed by atoms with Crippen LogP contribution in [0.4, 0.5) is 0 Å². The van der Waals surface area contributed by atoms with E-state index in [9.17, 15) is 0 Å². The van der Waals surface area contributed by atoms with E-state index in [1.165, 1.54) is 45.3 Å². The van der Waals surface area contributed by atoms with Gasteiger partial charge in [0.05, 0.1) is 0 Å². The zero-order valence-electron chi connectivity index (χ0n) is 13.7. The number of nitrogens with zero attached hydrogens (tertiary/aromatic N) is 1. The Morgan fingerprint density at radius 3 is 2.47 bits per heavy atom. The molecule has 1 heterocycles. The van der Waals surface area contributed by atoms with Crippen LogP contribution in [0.1, 0.15) is 60.3 Å². The van der Waals surface area contributed by atoms with Gasteiger partial charge in [0.15, 0.2) is 0 Å². The molecule has 1 aliphatic carbocycles. The molecule has 2 rings (SSSR count). The number of hydrogen-bond acceptors (Lipinski definition) is 2. The molecule has 2 heteroatoms. The molecular weight excluding hydrogens is 232 g/mol. The lowest BCUT2D eigenvalue weighted by molar-refractivity contribution is 0.0681. The molecule has 2 aliphatic rings. The van der Waals surface area contributed by atoms with Crippen LogP contribution in [0.3, 0.4) is 0 Å². The Bertz CT molecular complexity index is 281. The van der Waals surface area contributed by atoms with Crippen LogP contribution in [0.25, 0.3) is 0 Å². The molecule has 0 spiro atoms. The Hall–Kier alpha value is -0.0800. The highest BCUT2D eigenvalue weighted by atomic mass is 15.2. The van der Waals surface area contributed by atoms with Gasteiger partial charge in [0.2, 0.25) is 0 Å². The van der Waals surface area contributed by atoms with E-state index in [0.29, 0.717) is 11.5 Å². The Labute approximate surface area is 120 Å². The molecule has 112 valence electrons. The van der Waals surface area contributed by atoms with Gasteiger partial charge in [-0.25, -0.2) is 0 Å². The monoisotopic (exact) mass is 266 g/mol. The molecule has 0 amide bonds. The molecule has 1 N–H and O–H groups in total. The SMILES string of the molecule is CC1CCCC(N2CCCNC(C(C)(C)C)C2)C1C. The fraction of sp³-hybridized carbons (Fsp3) is 1.00. The van der Waals surface area contributed by atoms with E-state index in [0.717, 1.165) is 17.9 Å². The summed E-state index contributed by atoms with van der Waals surface area (Å²) in [5.41, 5.74) is 0.367. The first-order valence-electron chi connectivity index (χ1n) is 8.37. The number of hydrogen-bond donors (Lipinski definition) is 1. The maximum absolute atomic E-state index is 3.77. The summed E-state index contributed by atoms with van der Waals surface area (Å²) in [6, 6.07) is 1.47. The molecule has 0 radical (unpaired) electrons. The largest absolute Gasteiger partial charge is 0.312 e. The van der Waals surface area contributed by atoms with E-state index in [1.54, 1.807) is 0 Å². The summed E-state index contributed by atoms with van der Waals surface area (Å²) in [6.45, 7) is 15.8.